The quantitative estimate of drug-likeness (QED) is 0.636. The molecular weight excluding hydrogens is 282 g/mol. The molecule has 5 N–H and O–H groups in total. The van der Waals surface area contributed by atoms with Gasteiger partial charge in [0.25, 0.3) is 5.91 Å². The summed E-state index contributed by atoms with van der Waals surface area (Å²) >= 11 is 0. The molecule has 0 radical (unpaired) electrons. The Balaban J connectivity index is 2.18. The predicted molar refractivity (Wildman–Crippen MR) is 82.8 cm³/mol. The number of aromatic amines is 1. The summed E-state index contributed by atoms with van der Waals surface area (Å²) in [6.45, 7) is 1.81. The summed E-state index contributed by atoms with van der Waals surface area (Å²) in [4.78, 5) is 24.5. The number of carbonyl (C=O) groups is 2. The smallest absolute Gasteiger partial charge is 0.252 e. The summed E-state index contributed by atoms with van der Waals surface area (Å²) in [6.07, 6.45) is 2.02. The number of nitrogens with one attached hydrogen (secondary N) is 3. The molecule has 0 aliphatic rings. The van der Waals surface area contributed by atoms with E-state index in [1.165, 1.54) is 6.20 Å². The van der Waals surface area contributed by atoms with Crippen LogP contribution in [-0.4, -0.2) is 28.1 Å². The van der Waals surface area contributed by atoms with Gasteiger partial charge >= 0.3 is 0 Å². The van der Waals surface area contributed by atoms with Gasteiger partial charge in [-0.15, -0.1) is 0 Å². The van der Waals surface area contributed by atoms with Crippen LogP contribution in [0.15, 0.2) is 42.6 Å². The molecule has 0 aliphatic carbocycles. The van der Waals surface area contributed by atoms with Crippen LogP contribution in [0.4, 0.5) is 5.82 Å². The van der Waals surface area contributed by atoms with Crippen molar-refractivity contribution in [2.24, 2.45) is 5.73 Å². The highest BCUT2D eigenvalue weighted by molar-refractivity contribution is 5.97. The van der Waals surface area contributed by atoms with E-state index in [0.29, 0.717) is 17.8 Å². The molecule has 0 saturated heterocycles. The van der Waals surface area contributed by atoms with Gasteiger partial charge in [0.1, 0.15) is 11.9 Å². The van der Waals surface area contributed by atoms with Gasteiger partial charge in [0, 0.05) is 6.07 Å². The third-order valence-corrected chi connectivity index (χ3v) is 3.22. The second-order valence-corrected chi connectivity index (χ2v) is 4.83. The van der Waals surface area contributed by atoms with Crippen LogP contribution in [0.5, 0.6) is 0 Å². The van der Waals surface area contributed by atoms with Gasteiger partial charge in [-0.3, -0.25) is 14.7 Å². The van der Waals surface area contributed by atoms with E-state index in [1.807, 2.05) is 13.0 Å². The molecule has 0 saturated carbocycles. The fourth-order valence-corrected chi connectivity index (χ4v) is 1.91. The topological polar surface area (TPSA) is 113 Å². The molecule has 7 heteroatoms. The number of H-pyrrole nitrogens is 1. The fourth-order valence-electron chi connectivity index (χ4n) is 1.91. The summed E-state index contributed by atoms with van der Waals surface area (Å²) in [5.41, 5.74) is 6.40. The molecule has 7 nitrogen and oxygen atoms in total. The maximum Gasteiger partial charge on any atom is 0.252 e. The van der Waals surface area contributed by atoms with Crippen LogP contribution >= 0.6 is 0 Å². The Morgan fingerprint density at radius 1 is 1.23 bits per heavy atom. The number of hydrogen-bond acceptors (Lipinski definition) is 4. The highest BCUT2D eigenvalue weighted by atomic mass is 16.2. The second-order valence-electron chi connectivity index (χ2n) is 4.83. The Morgan fingerprint density at radius 3 is 2.55 bits per heavy atom. The van der Waals surface area contributed by atoms with E-state index in [2.05, 4.69) is 20.8 Å². The first-order valence-corrected chi connectivity index (χ1v) is 7.03. The number of nitrogens with zero attached hydrogens (tertiary/aromatic N) is 1. The van der Waals surface area contributed by atoms with Crippen molar-refractivity contribution in [2.45, 2.75) is 25.4 Å². The van der Waals surface area contributed by atoms with Crippen molar-refractivity contribution in [2.75, 3.05) is 5.32 Å². The van der Waals surface area contributed by atoms with Gasteiger partial charge in [-0.05, 0) is 12.0 Å². The van der Waals surface area contributed by atoms with Crippen LogP contribution in [0.1, 0.15) is 24.9 Å². The minimum atomic E-state index is -0.824. The number of nitrogens with two attached hydrogens (primary N) is 1. The van der Waals surface area contributed by atoms with E-state index in [1.54, 1.807) is 30.3 Å². The van der Waals surface area contributed by atoms with E-state index >= 15 is 0 Å². The van der Waals surface area contributed by atoms with Gasteiger partial charge in [0.05, 0.1) is 12.2 Å². The summed E-state index contributed by atoms with van der Waals surface area (Å²) in [5, 5.41) is 11.8. The number of amides is 2. The van der Waals surface area contributed by atoms with E-state index in [-0.39, 0.29) is 11.8 Å². The lowest BCUT2D eigenvalue weighted by Crippen LogP contribution is -2.45. The standard InChI is InChI=1S/C15H19N5O2/c1-2-11(16)14(21)19-13(10-6-4-3-5-7-10)15(22)18-12-8-9-17-20-12/h3-9,11,13H,2,16H2,1H3,(H,19,21)(H2,17,18,20,22)/t11-,13?/m0/s1. The van der Waals surface area contributed by atoms with Crippen LogP contribution in [0, 0.1) is 0 Å². The summed E-state index contributed by atoms with van der Waals surface area (Å²) < 4.78 is 0. The van der Waals surface area contributed by atoms with Crippen molar-refractivity contribution in [3.63, 3.8) is 0 Å². The van der Waals surface area contributed by atoms with E-state index in [9.17, 15) is 9.59 Å². The van der Waals surface area contributed by atoms with E-state index in [4.69, 9.17) is 5.73 Å². The van der Waals surface area contributed by atoms with Crippen LogP contribution in [0.25, 0.3) is 0 Å². The monoisotopic (exact) mass is 301 g/mol. The van der Waals surface area contributed by atoms with Crippen LogP contribution in [0.2, 0.25) is 0 Å². The summed E-state index contributed by atoms with van der Waals surface area (Å²) in [6, 6.07) is 9.15. The predicted octanol–water partition coefficient (Wildman–Crippen LogP) is 0.943. The van der Waals surface area contributed by atoms with Crippen LogP contribution in [0.3, 0.4) is 0 Å². The van der Waals surface area contributed by atoms with Crippen molar-refractivity contribution in [1.29, 1.82) is 0 Å². The van der Waals surface area contributed by atoms with Gasteiger partial charge in [0.15, 0.2) is 0 Å². The molecule has 1 aromatic heterocycles. The summed E-state index contributed by atoms with van der Waals surface area (Å²) in [5.74, 6) is -0.275. The zero-order valence-electron chi connectivity index (χ0n) is 12.2. The third-order valence-electron chi connectivity index (χ3n) is 3.22. The first-order chi connectivity index (χ1) is 10.6. The Labute approximate surface area is 128 Å². The number of carbonyl (C=O) groups excluding carboxylic acids is 2. The number of aromatic nitrogens is 2. The maximum absolute atomic E-state index is 12.4. The minimum Gasteiger partial charge on any atom is -0.339 e. The number of rotatable bonds is 6. The van der Waals surface area contributed by atoms with Crippen LogP contribution in [-0.2, 0) is 9.59 Å². The molecule has 0 spiro atoms. The number of anilines is 1. The van der Waals surface area contributed by atoms with Gasteiger partial charge in [-0.25, -0.2) is 0 Å². The Bertz CT molecular complexity index is 612. The Morgan fingerprint density at radius 2 is 1.95 bits per heavy atom. The number of hydrogen-bond donors (Lipinski definition) is 4. The van der Waals surface area contributed by atoms with Crippen molar-refractivity contribution < 1.29 is 9.59 Å². The Hall–Kier alpha value is -2.67. The van der Waals surface area contributed by atoms with Crippen LogP contribution < -0.4 is 16.4 Å². The molecule has 2 aromatic rings. The van der Waals surface area contributed by atoms with Crippen molar-refractivity contribution in [1.82, 2.24) is 15.5 Å². The lowest BCUT2D eigenvalue weighted by atomic mass is 10.1. The van der Waals surface area contributed by atoms with Gasteiger partial charge in [-0.2, -0.15) is 5.10 Å². The average molecular weight is 301 g/mol. The molecule has 1 heterocycles. The molecule has 0 fully saturated rings. The third kappa shape index (κ3) is 3.92. The number of benzene rings is 1. The largest absolute Gasteiger partial charge is 0.339 e. The molecule has 1 aromatic carbocycles. The maximum atomic E-state index is 12.4. The molecule has 2 atom stereocenters. The van der Waals surface area contributed by atoms with Gasteiger partial charge in [-0.1, -0.05) is 37.3 Å². The van der Waals surface area contributed by atoms with Crippen molar-refractivity contribution in [3.8, 4) is 0 Å². The van der Waals surface area contributed by atoms with Gasteiger partial charge in [0.2, 0.25) is 5.91 Å². The van der Waals surface area contributed by atoms with Gasteiger partial charge < -0.3 is 16.4 Å². The molecule has 0 bridgehead atoms. The molecule has 2 rings (SSSR count). The SMILES string of the molecule is CC[C@H](N)C(=O)NC(C(=O)Nc1ccn[nH]1)c1ccccc1. The highest BCUT2D eigenvalue weighted by Gasteiger charge is 2.25. The van der Waals surface area contributed by atoms with E-state index < -0.39 is 12.1 Å². The molecule has 2 amide bonds. The first-order valence-electron chi connectivity index (χ1n) is 7.03. The molecular formula is C15H19N5O2. The summed E-state index contributed by atoms with van der Waals surface area (Å²) in [7, 11) is 0. The van der Waals surface area contributed by atoms with Crippen molar-refractivity contribution >= 4 is 17.6 Å². The zero-order valence-corrected chi connectivity index (χ0v) is 12.2. The highest BCUT2D eigenvalue weighted by Crippen LogP contribution is 2.15. The zero-order chi connectivity index (χ0) is 15.9. The van der Waals surface area contributed by atoms with E-state index in [0.717, 1.165) is 0 Å². The molecule has 116 valence electrons. The molecule has 1 unspecified atom stereocenters. The molecule has 22 heavy (non-hydrogen) atoms. The minimum absolute atomic E-state index is 0.365. The van der Waals surface area contributed by atoms with Crippen molar-refractivity contribution in [3.05, 3.63) is 48.2 Å². The Kier molecular flexibility index (Phi) is 5.26. The normalized spacial score (nSPS) is 13.2. The lowest BCUT2D eigenvalue weighted by molar-refractivity contribution is -0.127. The second kappa shape index (κ2) is 7.37. The average Bonchev–Trinajstić information content (AvgIpc) is 3.05. The molecule has 0 aliphatic heterocycles. The lowest BCUT2D eigenvalue weighted by Gasteiger charge is -2.20. The fraction of sp³-hybridized carbons (Fsp3) is 0.267. The first kappa shape index (κ1) is 15.7.